The molecule has 0 aliphatic carbocycles. The van der Waals surface area contributed by atoms with Gasteiger partial charge in [-0.3, -0.25) is 19.2 Å². The molecule has 3 atom stereocenters. The smallest absolute Gasteiger partial charge is 0.326 e. The van der Waals surface area contributed by atoms with Crippen molar-refractivity contribution in [3.8, 4) is 0 Å². The number of carboxylic acid groups (broad SMARTS) is 3. The van der Waals surface area contributed by atoms with Crippen LogP contribution in [0.15, 0.2) is 0 Å². The molecule has 7 N–H and O–H groups in total. The van der Waals surface area contributed by atoms with Crippen molar-refractivity contribution in [2.75, 3.05) is 12.0 Å². The maximum atomic E-state index is 12.2. The number of carbonyl (C=O) groups is 5. The molecule has 0 aromatic rings. The van der Waals surface area contributed by atoms with Crippen LogP contribution in [0.3, 0.4) is 0 Å². The zero-order valence-corrected chi connectivity index (χ0v) is 14.2. The molecule has 0 saturated heterocycles. The van der Waals surface area contributed by atoms with E-state index in [1.54, 1.807) is 6.26 Å². The van der Waals surface area contributed by atoms with Gasteiger partial charge in [0.05, 0.1) is 18.9 Å². The van der Waals surface area contributed by atoms with Crippen molar-refractivity contribution >= 4 is 41.5 Å². The molecular weight excluding hydrogens is 358 g/mol. The lowest BCUT2D eigenvalue weighted by atomic mass is 10.1. The first-order valence-corrected chi connectivity index (χ1v) is 8.49. The third-order valence-electron chi connectivity index (χ3n) is 2.97. The van der Waals surface area contributed by atoms with E-state index < -0.39 is 60.7 Å². The molecule has 12 heteroatoms. The van der Waals surface area contributed by atoms with E-state index in [2.05, 4.69) is 5.32 Å². The molecule has 0 unspecified atom stereocenters. The predicted octanol–water partition coefficient (Wildman–Crippen LogP) is -1.93. The van der Waals surface area contributed by atoms with Gasteiger partial charge in [0.1, 0.15) is 12.1 Å². The van der Waals surface area contributed by atoms with Crippen molar-refractivity contribution in [1.82, 2.24) is 10.6 Å². The van der Waals surface area contributed by atoms with Crippen LogP contribution in [0.1, 0.15) is 19.3 Å². The Kier molecular flexibility index (Phi) is 10.2. The van der Waals surface area contributed by atoms with E-state index in [0.29, 0.717) is 5.75 Å². The Bertz CT molecular complexity index is 527. The minimum absolute atomic E-state index is 0.123. The van der Waals surface area contributed by atoms with E-state index >= 15 is 0 Å². The number of carboxylic acids is 3. The van der Waals surface area contributed by atoms with Gasteiger partial charge >= 0.3 is 17.9 Å². The lowest BCUT2D eigenvalue weighted by Gasteiger charge is -2.22. The second kappa shape index (κ2) is 11.3. The predicted molar refractivity (Wildman–Crippen MR) is 87.0 cm³/mol. The van der Waals surface area contributed by atoms with E-state index in [1.807, 2.05) is 5.32 Å². The molecule has 2 amide bonds. The highest BCUT2D eigenvalue weighted by atomic mass is 32.2. The van der Waals surface area contributed by atoms with Gasteiger partial charge < -0.3 is 31.7 Å². The third kappa shape index (κ3) is 9.52. The molecule has 25 heavy (non-hydrogen) atoms. The SMILES string of the molecule is CSCC[C@H](NC(=O)[C@@H](N)CC(=O)O)C(=O)N[C@@H](CC(=O)O)C(=O)O. The van der Waals surface area contributed by atoms with E-state index in [9.17, 15) is 24.0 Å². The number of nitrogens with one attached hydrogen (secondary N) is 2. The molecular formula is C13H21N3O8S. The average molecular weight is 379 g/mol. The molecule has 0 rings (SSSR count). The van der Waals surface area contributed by atoms with Crippen molar-refractivity contribution < 1.29 is 39.3 Å². The van der Waals surface area contributed by atoms with Crippen molar-refractivity contribution in [3.63, 3.8) is 0 Å². The first-order chi connectivity index (χ1) is 11.6. The van der Waals surface area contributed by atoms with Gasteiger partial charge in [-0.25, -0.2) is 4.79 Å². The summed E-state index contributed by atoms with van der Waals surface area (Å²) >= 11 is 1.36. The first kappa shape index (κ1) is 22.7. The van der Waals surface area contributed by atoms with Gasteiger partial charge in [0.2, 0.25) is 11.8 Å². The molecule has 0 fully saturated rings. The highest BCUT2D eigenvalue weighted by Crippen LogP contribution is 2.04. The molecule has 0 bridgehead atoms. The molecule has 0 aliphatic heterocycles. The average Bonchev–Trinajstić information content (AvgIpc) is 2.48. The first-order valence-electron chi connectivity index (χ1n) is 7.10. The number of hydrogen-bond donors (Lipinski definition) is 6. The zero-order chi connectivity index (χ0) is 19.6. The highest BCUT2D eigenvalue weighted by Gasteiger charge is 2.29. The summed E-state index contributed by atoms with van der Waals surface area (Å²) in [6, 6.07) is -4.21. The number of hydrogen-bond acceptors (Lipinski definition) is 7. The number of thioether (sulfide) groups is 1. The topological polar surface area (TPSA) is 196 Å². The van der Waals surface area contributed by atoms with Gasteiger partial charge in [-0.2, -0.15) is 11.8 Å². The summed E-state index contributed by atoms with van der Waals surface area (Å²) in [6.45, 7) is 0. The van der Waals surface area contributed by atoms with Crippen LogP contribution in [0.4, 0.5) is 0 Å². The molecule has 0 heterocycles. The van der Waals surface area contributed by atoms with Crippen LogP contribution in [0.25, 0.3) is 0 Å². The summed E-state index contributed by atoms with van der Waals surface area (Å²) in [4.78, 5) is 56.3. The van der Waals surface area contributed by atoms with Gasteiger partial charge in [-0.05, 0) is 18.4 Å². The minimum Gasteiger partial charge on any atom is -0.481 e. The Morgan fingerprint density at radius 2 is 1.44 bits per heavy atom. The van der Waals surface area contributed by atoms with Crippen molar-refractivity contribution in [1.29, 1.82) is 0 Å². The Hall–Kier alpha value is -2.34. The summed E-state index contributed by atoms with van der Waals surface area (Å²) in [6.07, 6.45) is 0.400. The van der Waals surface area contributed by atoms with Crippen LogP contribution in [0.5, 0.6) is 0 Å². The van der Waals surface area contributed by atoms with Gasteiger partial charge in [0.25, 0.3) is 0 Å². The maximum absolute atomic E-state index is 12.2. The van der Waals surface area contributed by atoms with Gasteiger partial charge in [0.15, 0.2) is 0 Å². The Morgan fingerprint density at radius 1 is 0.920 bits per heavy atom. The summed E-state index contributed by atoms with van der Waals surface area (Å²) in [5.41, 5.74) is 5.41. The fourth-order valence-electron chi connectivity index (χ4n) is 1.71. The fraction of sp³-hybridized carbons (Fsp3) is 0.615. The Balaban J connectivity index is 5.01. The van der Waals surface area contributed by atoms with Crippen LogP contribution in [0, 0.1) is 0 Å². The van der Waals surface area contributed by atoms with Gasteiger partial charge in [-0.1, -0.05) is 0 Å². The summed E-state index contributed by atoms with van der Waals surface area (Å²) in [5, 5.41) is 30.5. The molecule has 0 aromatic heterocycles. The Morgan fingerprint density at radius 3 is 1.88 bits per heavy atom. The van der Waals surface area contributed by atoms with Crippen molar-refractivity contribution in [3.05, 3.63) is 0 Å². The molecule has 0 saturated carbocycles. The molecule has 11 nitrogen and oxygen atoms in total. The van der Waals surface area contributed by atoms with Crippen molar-refractivity contribution in [2.45, 2.75) is 37.4 Å². The minimum atomic E-state index is -1.66. The van der Waals surface area contributed by atoms with E-state index in [4.69, 9.17) is 21.1 Å². The molecule has 0 radical (unpaired) electrons. The monoisotopic (exact) mass is 379 g/mol. The second-order valence-corrected chi connectivity index (χ2v) is 6.03. The maximum Gasteiger partial charge on any atom is 0.326 e. The summed E-state index contributed by atoms with van der Waals surface area (Å²) in [5.74, 6) is -5.58. The molecule has 142 valence electrons. The van der Waals surface area contributed by atoms with E-state index in [1.165, 1.54) is 11.8 Å². The highest BCUT2D eigenvalue weighted by molar-refractivity contribution is 7.98. The number of rotatable bonds is 12. The second-order valence-electron chi connectivity index (χ2n) is 5.04. The zero-order valence-electron chi connectivity index (χ0n) is 13.4. The summed E-state index contributed by atoms with van der Waals surface area (Å²) < 4.78 is 0. The van der Waals surface area contributed by atoms with E-state index in [-0.39, 0.29) is 6.42 Å². The van der Waals surface area contributed by atoms with Crippen LogP contribution in [-0.2, 0) is 24.0 Å². The lowest BCUT2D eigenvalue weighted by Crippen LogP contribution is -2.55. The largest absolute Gasteiger partial charge is 0.481 e. The van der Waals surface area contributed by atoms with Crippen LogP contribution >= 0.6 is 11.8 Å². The number of aliphatic carboxylic acids is 3. The number of carbonyl (C=O) groups excluding carboxylic acids is 2. The van der Waals surface area contributed by atoms with Crippen LogP contribution in [0.2, 0.25) is 0 Å². The molecule has 0 spiro atoms. The normalized spacial score (nSPS) is 14.0. The number of nitrogens with two attached hydrogens (primary N) is 1. The third-order valence-corrected chi connectivity index (χ3v) is 3.61. The van der Waals surface area contributed by atoms with Crippen LogP contribution < -0.4 is 16.4 Å². The fourth-order valence-corrected chi connectivity index (χ4v) is 2.18. The molecule has 0 aliphatic rings. The number of amides is 2. The van der Waals surface area contributed by atoms with Crippen LogP contribution in [-0.4, -0.2) is 75.2 Å². The van der Waals surface area contributed by atoms with Gasteiger partial charge in [0, 0.05) is 0 Å². The summed E-state index contributed by atoms with van der Waals surface area (Å²) in [7, 11) is 0. The quantitative estimate of drug-likeness (QED) is 0.222. The molecule has 0 aromatic carbocycles. The van der Waals surface area contributed by atoms with Gasteiger partial charge in [-0.15, -0.1) is 0 Å². The lowest BCUT2D eigenvalue weighted by molar-refractivity contribution is -0.147. The standard InChI is InChI=1S/C13H21N3O8S/c1-25-3-2-7(15-11(21)6(14)4-9(17)18)12(22)16-8(13(23)24)5-10(19)20/h6-8H,2-5,14H2,1H3,(H,15,21)(H,16,22)(H,17,18)(H,19,20)(H,23,24)/t6-,7-,8-/m0/s1. The van der Waals surface area contributed by atoms with E-state index in [0.717, 1.165) is 0 Å². The Labute approximate surface area is 147 Å². The van der Waals surface area contributed by atoms with Crippen molar-refractivity contribution in [2.24, 2.45) is 5.73 Å².